The molecule has 0 saturated heterocycles. The minimum absolute atomic E-state index is 0.0522. The number of nitrogens with zero attached hydrogens (tertiary/aromatic N) is 1. The van der Waals surface area contributed by atoms with E-state index in [-0.39, 0.29) is 11.2 Å². The number of rotatable bonds is 2. The van der Waals surface area contributed by atoms with E-state index in [1.807, 2.05) is 0 Å². The highest BCUT2D eigenvalue weighted by Gasteiger charge is 2.53. The molecule has 1 aromatic rings. The van der Waals surface area contributed by atoms with E-state index >= 15 is 0 Å². The Morgan fingerprint density at radius 1 is 1.17 bits per heavy atom. The Labute approximate surface area is 143 Å². The van der Waals surface area contributed by atoms with E-state index in [9.17, 15) is 4.79 Å². The lowest BCUT2D eigenvalue weighted by Crippen LogP contribution is -2.47. The van der Waals surface area contributed by atoms with Crippen molar-refractivity contribution in [1.29, 1.82) is 0 Å². The fourth-order valence-electron chi connectivity index (χ4n) is 4.67. The average molecular weight is 326 g/mol. The minimum atomic E-state index is -0.275. The van der Waals surface area contributed by atoms with E-state index in [1.54, 1.807) is 26.4 Å². The van der Waals surface area contributed by atoms with Crippen LogP contribution < -0.4 is 9.47 Å². The molecule has 24 heavy (non-hydrogen) atoms. The van der Waals surface area contributed by atoms with E-state index in [0.29, 0.717) is 6.04 Å². The fraction of sp³-hybridized carbons (Fsp3) is 0.450. The highest BCUT2D eigenvalue weighted by atomic mass is 16.5. The number of ketones is 1. The number of methoxy groups -OCH3 is 2. The summed E-state index contributed by atoms with van der Waals surface area (Å²) in [5, 5.41) is 0. The molecule has 0 fully saturated rings. The van der Waals surface area contributed by atoms with Gasteiger partial charge in [-0.1, -0.05) is 12.2 Å². The molecule has 3 aliphatic rings. The van der Waals surface area contributed by atoms with Crippen LogP contribution in [0, 0.1) is 0 Å². The lowest BCUT2D eigenvalue weighted by Gasteiger charge is -2.41. The predicted octanol–water partition coefficient (Wildman–Crippen LogP) is 2.71. The smallest absolute Gasteiger partial charge is 0.178 e. The maximum absolute atomic E-state index is 11.7. The number of quaternary nitrogens is 1. The molecule has 4 nitrogen and oxygen atoms in total. The van der Waals surface area contributed by atoms with Gasteiger partial charge < -0.3 is 14.0 Å². The largest absolute Gasteiger partial charge is 0.493 e. The minimum Gasteiger partial charge on any atom is -0.493 e. The number of ether oxygens (including phenoxy) is 2. The van der Waals surface area contributed by atoms with E-state index in [1.165, 1.54) is 16.7 Å². The summed E-state index contributed by atoms with van der Waals surface area (Å²) in [6.45, 7) is 1.11. The molecule has 2 aliphatic carbocycles. The second-order valence-electron chi connectivity index (χ2n) is 7.64. The summed E-state index contributed by atoms with van der Waals surface area (Å²) < 4.78 is 12.4. The maximum atomic E-state index is 11.7. The van der Waals surface area contributed by atoms with Crippen molar-refractivity contribution in [2.45, 2.75) is 24.3 Å². The second-order valence-corrected chi connectivity index (χ2v) is 7.64. The Kier molecular flexibility index (Phi) is 3.20. The number of fused-ring (bicyclic) bond motifs is 1. The first-order valence-electron chi connectivity index (χ1n) is 8.45. The van der Waals surface area contributed by atoms with E-state index < -0.39 is 0 Å². The van der Waals surface area contributed by atoms with Gasteiger partial charge in [-0.15, -0.1) is 0 Å². The van der Waals surface area contributed by atoms with Gasteiger partial charge in [-0.3, -0.25) is 4.79 Å². The van der Waals surface area contributed by atoms with Gasteiger partial charge >= 0.3 is 0 Å². The molecular weight excluding hydrogens is 302 g/mol. The lowest BCUT2D eigenvalue weighted by molar-refractivity contribution is -0.923. The summed E-state index contributed by atoms with van der Waals surface area (Å²) >= 11 is 0. The maximum Gasteiger partial charge on any atom is 0.178 e. The molecule has 1 heterocycles. The molecule has 1 aromatic carbocycles. The molecule has 0 aromatic heterocycles. The predicted molar refractivity (Wildman–Crippen MR) is 92.5 cm³/mol. The van der Waals surface area contributed by atoms with Gasteiger partial charge in [0.2, 0.25) is 0 Å². The zero-order valence-electron chi connectivity index (χ0n) is 14.8. The number of hydrogen-bond donors (Lipinski definition) is 0. The van der Waals surface area contributed by atoms with E-state index in [0.717, 1.165) is 35.4 Å². The molecule has 1 atom stereocenters. The molecule has 0 bridgehead atoms. The van der Waals surface area contributed by atoms with Crippen LogP contribution in [0.25, 0.3) is 0 Å². The molecule has 4 rings (SSSR count). The third-order valence-corrected chi connectivity index (χ3v) is 6.02. The van der Waals surface area contributed by atoms with Crippen LogP contribution in [-0.2, 0) is 16.6 Å². The van der Waals surface area contributed by atoms with Gasteiger partial charge in [-0.25, -0.2) is 0 Å². The van der Waals surface area contributed by atoms with Gasteiger partial charge in [0.1, 0.15) is 6.04 Å². The van der Waals surface area contributed by atoms with Crippen LogP contribution in [-0.4, -0.2) is 45.1 Å². The van der Waals surface area contributed by atoms with Crippen molar-refractivity contribution in [3.8, 4) is 11.5 Å². The first-order valence-corrected chi connectivity index (χ1v) is 8.45. The summed E-state index contributed by atoms with van der Waals surface area (Å²) in [6, 6.07) is 2.55. The third-order valence-electron chi connectivity index (χ3n) is 6.02. The number of likely N-dealkylation sites (N-methyl/N-ethyl adjacent to an activating group) is 1. The molecule has 0 radical (unpaired) electrons. The van der Waals surface area contributed by atoms with Gasteiger partial charge in [-0.05, 0) is 23.8 Å². The van der Waals surface area contributed by atoms with Crippen LogP contribution in [0.15, 0.2) is 30.4 Å². The summed E-state index contributed by atoms with van der Waals surface area (Å²) in [7, 11) is 7.99. The Morgan fingerprint density at radius 3 is 2.50 bits per heavy atom. The summed E-state index contributed by atoms with van der Waals surface area (Å²) in [6.07, 6.45) is 9.52. The van der Waals surface area contributed by atoms with Gasteiger partial charge in [0.15, 0.2) is 17.3 Å². The summed E-state index contributed by atoms with van der Waals surface area (Å²) in [5.41, 5.74) is 3.67. The monoisotopic (exact) mass is 326 g/mol. The van der Waals surface area contributed by atoms with Gasteiger partial charge in [0.05, 0.1) is 34.9 Å². The molecule has 0 saturated carbocycles. The van der Waals surface area contributed by atoms with Crippen molar-refractivity contribution < 1.29 is 18.8 Å². The van der Waals surface area contributed by atoms with Gasteiger partial charge in [0.25, 0.3) is 0 Å². The van der Waals surface area contributed by atoms with Crippen LogP contribution in [0.2, 0.25) is 0 Å². The number of carbonyl (C=O) groups excluding carboxylic acids is 1. The highest BCUT2D eigenvalue weighted by molar-refractivity contribution is 6.01. The molecule has 1 unspecified atom stereocenters. The number of allylic oxidation sites excluding steroid dienone is 4. The van der Waals surface area contributed by atoms with Crippen LogP contribution >= 0.6 is 0 Å². The van der Waals surface area contributed by atoms with Crippen molar-refractivity contribution in [2.24, 2.45) is 0 Å². The molecule has 0 amide bonds. The highest BCUT2D eigenvalue weighted by Crippen LogP contribution is 2.59. The van der Waals surface area contributed by atoms with Crippen molar-refractivity contribution >= 4 is 5.78 Å². The van der Waals surface area contributed by atoms with Gasteiger partial charge in [0, 0.05) is 29.4 Å². The SMILES string of the molecule is COc1cc2c3c(c1OC)C1(C=CC(=O)C=C1)CC3[N+](C)(C)CC2. The molecular formula is C20H24NO3+. The molecule has 126 valence electrons. The average Bonchev–Trinajstić information content (AvgIpc) is 2.91. The molecule has 4 heteroatoms. The Hall–Kier alpha value is -2.07. The number of benzene rings is 1. The topological polar surface area (TPSA) is 35.5 Å². The van der Waals surface area contributed by atoms with Crippen LogP contribution in [0.5, 0.6) is 11.5 Å². The zero-order chi connectivity index (χ0) is 17.1. The van der Waals surface area contributed by atoms with Crippen molar-refractivity contribution in [3.05, 3.63) is 47.1 Å². The summed E-state index contributed by atoms with van der Waals surface area (Å²) in [4.78, 5) is 11.7. The van der Waals surface area contributed by atoms with E-state index in [4.69, 9.17) is 9.47 Å². The fourth-order valence-corrected chi connectivity index (χ4v) is 4.67. The second kappa shape index (κ2) is 4.96. The Balaban J connectivity index is 2.04. The van der Waals surface area contributed by atoms with Gasteiger partial charge in [-0.2, -0.15) is 0 Å². The molecule has 1 spiro atoms. The lowest BCUT2D eigenvalue weighted by atomic mass is 9.77. The quantitative estimate of drug-likeness (QED) is 0.784. The Morgan fingerprint density at radius 2 is 1.88 bits per heavy atom. The van der Waals surface area contributed by atoms with Crippen LogP contribution in [0.4, 0.5) is 0 Å². The van der Waals surface area contributed by atoms with Crippen molar-refractivity contribution in [3.63, 3.8) is 0 Å². The van der Waals surface area contributed by atoms with E-state index in [2.05, 4.69) is 32.3 Å². The summed E-state index contributed by atoms with van der Waals surface area (Å²) in [5.74, 6) is 1.65. The third kappa shape index (κ3) is 1.92. The van der Waals surface area contributed by atoms with Crippen LogP contribution in [0.1, 0.15) is 29.2 Å². The normalized spacial score (nSPS) is 25.0. The van der Waals surface area contributed by atoms with Crippen molar-refractivity contribution in [1.82, 2.24) is 0 Å². The standard InChI is InChI=1S/C20H24NO3/c1-21(2)10-7-13-11-16(23-3)19(24-4)18-17(13)15(21)12-20(18)8-5-14(22)6-9-20/h5-6,8-9,11,15H,7,10,12H2,1-4H3/q+1. The number of carbonyl (C=O) groups is 1. The van der Waals surface area contributed by atoms with Crippen molar-refractivity contribution in [2.75, 3.05) is 34.9 Å². The molecule has 0 N–H and O–H groups in total. The first kappa shape index (κ1) is 15.5. The zero-order valence-corrected chi connectivity index (χ0v) is 14.8. The van der Waals surface area contributed by atoms with Crippen LogP contribution in [0.3, 0.4) is 0 Å². The Bertz CT molecular complexity index is 773. The molecule has 1 aliphatic heterocycles. The number of hydrogen-bond acceptors (Lipinski definition) is 3. The first-order chi connectivity index (χ1) is 11.4.